The monoisotopic (exact) mass is 384 g/mol. The first kappa shape index (κ1) is 18.3. The van der Waals surface area contributed by atoms with Crippen LogP contribution in [0.25, 0.3) is 16.6 Å². The minimum absolute atomic E-state index is 0.156. The molecular formula is C22H20N6O. The average molecular weight is 384 g/mol. The van der Waals surface area contributed by atoms with E-state index in [1.165, 1.54) is 0 Å². The summed E-state index contributed by atoms with van der Waals surface area (Å²) in [7, 11) is 0. The number of benzene rings is 2. The van der Waals surface area contributed by atoms with E-state index in [1.54, 1.807) is 4.68 Å². The van der Waals surface area contributed by atoms with Gasteiger partial charge in [0, 0.05) is 17.4 Å². The average Bonchev–Trinajstić information content (AvgIpc) is 3.32. The second-order valence-electron chi connectivity index (χ2n) is 6.70. The lowest BCUT2D eigenvalue weighted by molar-refractivity contribution is 0.0949. The first-order chi connectivity index (χ1) is 14.2. The number of carbonyl (C=O) groups excluding carboxylic acids is 1. The second-order valence-corrected chi connectivity index (χ2v) is 6.70. The van der Waals surface area contributed by atoms with Crippen molar-refractivity contribution in [3.8, 4) is 11.8 Å². The fraction of sp³-hybridized carbons (Fsp3) is 0.136. The number of rotatable bonds is 6. The number of aromatic amines is 1. The van der Waals surface area contributed by atoms with Crippen molar-refractivity contribution >= 4 is 22.6 Å². The minimum atomic E-state index is -0.156. The number of carbonyl (C=O) groups is 1. The molecule has 2 aromatic heterocycles. The molecule has 0 radical (unpaired) electrons. The van der Waals surface area contributed by atoms with E-state index in [9.17, 15) is 10.1 Å². The van der Waals surface area contributed by atoms with E-state index in [4.69, 9.17) is 5.73 Å². The van der Waals surface area contributed by atoms with Gasteiger partial charge in [0.1, 0.15) is 23.1 Å². The molecule has 0 aliphatic heterocycles. The maximum Gasteiger partial charge on any atom is 0.267 e. The third kappa shape index (κ3) is 3.69. The van der Waals surface area contributed by atoms with E-state index in [-0.39, 0.29) is 5.91 Å². The Morgan fingerprint density at radius 3 is 2.69 bits per heavy atom. The van der Waals surface area contributed by atoms with Crippen molar-refractivity contribution in [2.24, 2.45) is 0 Å². The molecule has 0 saturated heterocycles. The summed E-state index contributed by atoms with van der Waals surface area (Å²) in [4.78, 5) is 15.5. The van der Waals surface area contributed by atoms with Gasteiger partial charge in [-0.15, -0.1) is 0 Å². The first-order valence-electron chi connectivity index (χ1n) is 9.36. The van der Waals surface area contributed by atoms with Crippen LogP contribution in [0.2, 0.25) is 0 Å². The Morgan fingerprint density at radius 2 is 1.93 bits per heavy atom. The van der Waals surface area contributed by atoms with Crippen molar-refractivity contribution in [1.82, 2.24) is 20.1 Å². The molecule has 2 aromatic carbocycles. The van der Waals surface area contributed by atoms with Gasteiger partial charge in [0.25, 0.3) is 5.91 Å². The highest BCUT2D eigenvalue weighted by atomic mass is 16.1. The van der Waals surface area contributed by atoms with Gasteiger partial charge < -0.3 is 16.0 Å². The van der Waals surface area contributed by atoms with Gasteiger partial charge in [0.15, 0.2) is 0 Å². The molecule has 0 bridgehead atoms. The zero-order chi connectivity index (χ0) is 20.2. The standard InChI is InChI=1S/C22H20N6O/c23-14-17-19(27-28(21(17)24)16-8-2-1-3-9-16)11-6-12-25-22(29)20-13-15-7-4-5-10-18(15)26-20/h1-5,7-10,13,26H,6,11-12,24H2,(H,25,29). The van der Waals surface area contributed by atoms with Crippen LogP contribution in [0.5, 0.6) is 0 Å². The number of anilines is 1. The molecule has 0 atom stereocenters. The van der Waals surface area contributed by atoms with Crippen LogP contribution in [0.4, 0.5) is 5.82 Å². The van der Waals surface area contributed by atoms with Crippen LogP contribution < -0.4 is 11.1 Å². The smallest absolute Gasteiger partial charge is 0.267 e. The Labute approximate surface area is 167 Å². The van der Waals surface area contributed by atoms with Gasteiger partial charge in [-0.1, -0.05) is 36.4 Å². The minimum Gasteiger partial charge on any atom is -0.382 e. The van der Waals surface area contributed by atoms with Gasteiger partial charge in [-0.2, -0.15) is 10.4 Å². The molecule has 1 amide bonds. The van der Waals surface area contributed by atoms with Gasteiger partial charge >= 0.3 is 0 Å². The number of para-hydroxylation sites is 2. The third-order valence-corrected chi connectivity index (χ3v) is 4.76. The van der Waals surface area contributed by atoms with Crippen LogP contribution in [0, 0.1) is 11.3 Å². The van der Waals surface area contributed by atoms with Gasteiger partial charge in [-0.25, -0.2) is 4.68 Å². The summed E-state index contributed by atoms with van der Waals surface area (Å²) in [5, 5.41) is 17.9. The van der Waals surface area contributed by atoms with Crippen molar-refractivity contribution in [1.29, 1.82) is 5.26 Å². The van der Waals surface area contributed by atoms with E-state index in [1.807, 2.05) is 60.7 Å². The van der Waals surface area contributed by atoms with E-state index in [2.05, 4.69) is 21.5 Å². The quantitative estimate of drug-likeness (QED) is 0.443. The van der Waals surface area contributed by atoms with Crippen LogP contribution >= 0.6 is 0 Å². The van der Waals surface area contributed by atoms with Crippen LogP contribution in [-0.4, -0.2) is 27.2 Å². The lowest BCUT2D eigenvalue weighted by Crippen LogP contribution is -2.25. The Bertz CT molecular complexity index is 1170. The Balaban J connectivity index is 1.39. The molecule has 0 aliphatic carbocycles. The largest absolute Gasteiger partial charge is 0.382 e. The van der Waals surface area contributed by atoms with Crippen LogP contribution in [0.1, 0.15) is 28.2 Å². The van der Waals surface area contributed by atoms with Gasteiger partial charge in [0.05, 0.1) is 11.4 Å². The molecule has 0 unspecified atom stereocenters. The van der Waals surface area contributed by atoms with Crippen molar-refractivity contribution in [2.45, 2.75) is 12.8 Å². The maximum atomic E-state index is 12.4. The SMILES string of the molecule is N#Cc1c(CCCNC(=O)c2cc3ccccc3[nH]2)nn(-c2ccccc2)c1N. The second kappa shape index (κ2) is 7.90. The number of nitriles is 1. The van der Waals surface area contributed by atoms with Gasteiger partial charge in [-0.05, 0) is 37.1 Å². The summed E-state index contributed by atoms with van der Waals surface area (Å²) >= 11 is 0. The number of hydrogen-bond donors (Lipinski definition) is 3. The molecular weight excluding hydrogens is 364 g/mol. The molecule has 4 rings (SSSR count). The van der Waals surface area contributed by atoms with Gasteiger partial charge in [-0.3, -0.25) is 4.79 Å². The summed E-state index contributed by atoms with van der Waals surface area (Å²) in [5.41, 5.74) is 9.40. The van der Waals surface area contributed by atoms with E-state index < -0.39 is 0 Å². The molecule has 0 fully saturated rings. The summed E-state index contributed by atoms with van der Waals surface area (Å²) < 4.78 is 1.58. The molecule has 0 aliphatic rings. The van der Waals surface area contributed by atoms with Gasteiger partial charge in [0.2, 0.25) is 0 Å². The summed E-state index contributed by atoms with van der Waals surface area (Å²) in [6.07, 6.45) is 1.19. The summed E-state index contributed by atoms with van der Waals surface area (Å²) in [6.45, 7) is 0.469. The molecule has 4 aromatic rings. The molecule has 2 heterocycles. The van der Waals surface area contributed by atoms with Crippen molar-refractivity contribution < 1.29 is 4.79 Å². The fourth-order valence-electron chi connectivity index (χ4n) is 3.29. The van der Waals surface area contributed by atoms with E-state index in [0.717, 1.165) is 16.6 Å². The number of nitrogens with two attached hydrogens (primary N) is 1. The Kier molecular flexibility index (Phi) is 4.99. The summed E-state index contributed by atoms with van der Waals surface area (Å²) in [6, 6.07) is 21.2. The fourth-order valence-corrected chi connectivity index (χ4v) is 3.29. The van der Waals surface area contributed by atoms with Crippen LogP contribution in [0.15, 0.2) is 60.7 Å². The number of fused-ring (bicyclic) bond motifs is 1. The molecule has 7 heteroatoms. The molecule has 144 valence electrons. The number of nitrogens with zero attached hydrogens (tertiary/aromatic N) is 3. The van der Waals surface area contributed by atoms with Crippen molar-refractivity contribution in [2.75, 3.05) is 12.3 Å². The third-order valence-electron chi connectivity index (χ3n) is 4.76. The molecule has 0 spiro atoms. The Morgan fingerprint density at radius 1 is 1.17 bits per heavy atom. The molecule has 0 saturated carbocycles. The van der Waals surface area contributed by atoms with E-state index >= 15 is 0 Å². The highest BCUT2D eigenvalue weighted by Crippen LogP contribution is 2.21. The topological polar surface area (TPSA) is 113 Å². The molecule has 4 N–H and O–H groups in total. The number of aryl methyl sites for hydroxylation is 1. The lowest BCUT2D eigenvalue weighted by Gasteiger charge is -2.03. The number of nitrogen functional groups attached to an aromatic ring is 1. The first-order valence-corrected chi connectivity index (χ1v) is 9.36. The Hall–Kier alpha value is -4.05. The molecule has 29 heavy (non-hydrogen) atoms. The lowest BCUT2D eigenvalue weighted by atomic mass is 10.1. The van der Waals surface area contributed by atoms with Crippen molar-refractivity contribution in [3.63, 3.8) is 0 Å². The number of H-pyrrole nitrogens is 1. The van der Waals surface area contributed by atoms with Crippen LogP contribution in [-0.2, 0) is 6.42 Å². The van der Waals surface area contributed by atoms with Crippen molar-refractivity contribution in [3.05, 3.63) is 77.6 Å². The molecule has 7 nitrogen and oxygen atoms in total. The maximum absolute atomic E-state index is 12.4. The number of aromatic nitrogens is 3. The number of hydrogen-bond acceptors (Lipinski definition) is 4. The highest BCUT2D eigenvalue weighted by molar-refractivity contribution is 5.97. The van der Waals surface area contributed by atoms with E-state index in [0.29, 0.717) is 42.2 Å². The normalized spacial score (nSPS) is 10.7. The zero-order valence-electron chi connectivity index (χ0n) is 15.7. The zero-order valence-corrected chi connectivity index (χ0v) is 15.7. The number of nitrogens with one attached hydrogen (secondary N) is 2. The van der Waals surface area contributed by atoms with Crippen LogP contribution in [0.3, 0.4) is 0 Å². The predicted molar refractivity (Wildman–Crippen MR) is 112 cm³/mol. The summed E-state index contributed by atoms with van der Waals surface area (Å²) in [5.74, 6) is 0.173. The number of amides is 1. The highest BCUT2D eigenvalue weighted by Gasteiger charge is 2.16. The predicted octanol–water partition coefficient (Wildman–Crippen LogP) is 3.17.